The number of hydrogen-bond donors (Lipinski definition) is 2. The third-order valence-corrected chi connectivity index (χ3v) is 2.91. The molecule has 16 heavy (non-hydrogen) atoms. The van der Waals surface area contributed by atoms with Gasteiger partial charge in [-0.25, -0.2) is 0 Å². The van der Waals surface area contributed by atoms with Crippen LogP contribution >= 0.6 is 0 Å². The Balaban J connectivity index is 2.14. The van der Waals surface area contributed by atoms with Gasteiger partial charge in [0, 0.05) is 7.05 Å². The smallest absolute Gasteiger partial charge is 0.292 e. The van der Waals surface area contributed by atoms with E-state index < -0.39 is 0 Å². The summed E-state index contributed by atoms with van der Waals surface area (Å²) in [5.74, 6) is 0.730. The molecule has 1 amide bonds. The molecular formula is C10H16N4O2. The summed E-state index contributed by atoms with van der Waals surface area (Å²) in [5.41, 5.74) is 0. The highest BCUT2D eigenvalue weighted by atomic mass is 16.5. The quantitative estimate of drug-likeness (QED) is 0.764. The second-order valence-corrected chi connectivity index (χ2v) is 4.09. The monoisotopic (exact) mass is 224 g/mol. The van der Waals surface area contributed by atoms with E-state index >= 15 is 0 Å². The van der Waals surface area contributed by atoms with Crippen molar-refractivity contribution in [3.8, 4) is 0 Å². The van der Waals surface area contributed by atoms with Gasteiger partial charge < -0.3 is 15.2 Å². The first kappa shape index (κ1) is 11.1. The van der Waals surface area contributed by atoms with Crippen LogP contribution in [0, 0.1) is 5.92 Å². The first-order valence-electron chi connectivity index (χ1n) is 5.51. The van der Waals surface area contributed by atoms with E-state index in [0.717, 1.165) is 19.4 Å². The second-order valence-electron chi connectivity index (χ2n) is 4.09. The lowest BCUT2D eigenvalue weighted by Crippen LogP contribution is -2.33. The molecule has 0 aliphatic carbocycles. The average molecular weight is 224 g/mol. The van der Waals surface area contributed by atoms with Crippen molar-refractivity contribution >= 4 is 5.91 Å². The van der Waals surface area contributed by atoms with Gasteiger partial charge in [0.15, 0.2) is 0 Å². The summed E-state index contributed by atoms with van der Waals surface area (Å²) in [5, 5.41) is 9.45. The maximum Gasteiger partial charge on any atom is 0.292 e. The molecule has 2 rings (SSSR count). The number of aromatic nitrogens is 2. The first-order chi connectivity index (χ1) is 7.72. The summed E-state index contributed by atoms with van der Waals surface area (Å²) in [7, 11) is 1.54. The Kier molecular flexibility index (Phi) is 3.19. The van der Waals surface area contributed by atoms with Crippen molar-refractivity contribution in [1.82, 2.24) is 20.8 Å². The molecule has 2 N–H and O–H groups in total. The molecule has 2 unspecified atom stereocenters. The van der Waals surface area contributed by atoms with Gasteiger partial charge in [0.2, 0.25) is 5.89 Å². The van der Waals surface area contributed by atoms with Gasteiger partial charge in [-0.1, -0.05) is 12.1 Å². The van der Waals surface area contributed by atoms with Crippen molar-refractivity contribution < 1.29 is 9.32 Å². The average Bonchev–Trinajstić information content (AvgIpc) is 2.78. The number of piperidine rings is 1. The Morgan fingerprint density at radius 3 is 3.12 bits per heavy atom. The zero-order valence-corrected chi connectivity index (χ0v) is 9.49. The number of nitrogens with zero attached hydrogens (tertiary/aromatic N) is 2. The topological polar surface area (TPSA) is 80.0 Å². The number of amides is 1. The van der Waals surface area contributed by atoms with Gasteiger partial charge in [0.1, 0.15) is 0 Å². The largest absolute Gasteiger partial charge is 0.352 e. The van der Waals surface area contributed by atoms with Gasteiger partial charge in [-0.2, -0.15) is 4.98 Å². The van der Waals surface area contributed by atoms with E-state index in [1.165, 1.54) is 0 Å². The Hall–Kier alpha value is -1.43. The summed E-state index contributed by atoms with van der Waals surface area (Å²) in [6.45, 7) is 3.09. The molecule has 88 valence electrons. The fourth-order valence-corrected chi connectivity index (χ4v) is 1.95. The van der Waals surface area contributed by atoms with E-state index in [-0.39, 0.29) is 17.8 Å². The minimum Gasteiger partial charge on any atom is -0.352 e. The van der Waals surface area contributed by atoms with E-state index in [1.807, 2.05) is 0 Å². The van der Waals surface area contributed by atoms with E-state index in [4.69, 9.17) is 4.52 Å². The van der Waals surface area contributed by atoms with Gasteiger partial charge in [0.05, 0.1) is 6.04 Å². The zero-order valence-electron chi connectivity index (χ0n) is 9.49. The first-order valence-corrected chi connectivity index (χ1v) is 5.51. The number of nitrogens with one attached hydrogen (secondary N) is 2. The van der Waals surface area contributed by atoms with Crippen molar-refractivity contribution in [3.63, 3.8) is 0 Å². The van der Waals surface area contributed by atoms with Crippen LogP contribution < -0.4 is 10.6 Å². The van der Waals surface area contributed by atoms with Crippen LogP contribution in [-0.2, 0) is 0 Å². The highest BCUT2D eigenvalue weighted by Gasteiger charge is 2.28. The number of rotatable bonds is 2. The van der Waals surface area contributed by atoms with E-state index in [9.17, 15) is 4.79 Å². The fourth-order valence-electron chi connectivity index (χ4n) is 1.95. The minimum atomic E-state index is -0.321. The molecule has 2 atom stereocenters. The summed E-state index contributed by atoms with van der Waals surface area (Å²) in [6.07, 6.45) is 2.30. The van der Waals surface area contributed by atoms with Crippen LogP contribution in [0.1, 0.15) is 42.3 Å². The van der Waals surface area contributed by atoms with Gasteiger partial charge in [-0.3, -0.25) is 4.79 Å². The Labute approximate surface area is 93.8 Å². The molecule has 6 nitrogen and oxygen atoms in total. The van der Waals surface area contributed by atoms with Crippen molar-refractivity contribution in [3.05, 3.63) is 11.7 Å². The number of hydrogen-bond acceptors (Lipinski definition) is 5. The highest BCUT2D eigenvalue weighted by molar-refractivity contribution is 5.89. The standard InChI is InChI=1S/C10H16N4O2/c1-6-4-3-5-12-7(6)10-13-8(14-16-10)9(15)11-2/h6-7,12H,3-5H2,1-2H3,(H,11,15). The van der Waals surface area contributed by atoms with Gasteiger partial charge in [0.25, 0.3) is 11.7 Å². The Morgan fingerprint density at radius 2 is 2.44 bits per heavy atom. The Morgan fingerprint density at radius 1 is 1.62 bits per heavy atom. The lowest BCUT2D eigenvalue weighted by Gasteiger charge is -2.26. The van der Waals surface area contributed by atoms with Crippen molar-refractivity contribution in [2.24, 2.45) is 5.92 Å². The van der Waals surface area contributed by atoms with Crippen LogP contribution in [-0.4, -0.2) is 29.6 Å². The maximum atomic E-state index is 11.3. The molecular weight excluding hydrogens is 208 g/mol. The van der Waals surface area contributed by atoms with Crippen LogP contribution in [0.5, 0.6) is 0 Å². The molecule has 0 radical (unpaired) electrons. The lowest BCUT2D eigenvalue weighted by atomic mass is 9.93. The summed E-state index contributed by atoms with van der Waals surface area (Å²) >= 11 is 0. The van der Waals surface area contributed by atoms with Gasteiger partial charge in [-0.05, 0) is 25.3 Å². The third kappa shape index (κ3) is 2.06. The van der Waals surface area contributed by atoms with Crippen molar-refractivity contribution in [2.75, 3.05) is 13.6 Å². The van der Waals surface area contributed by atoms with Crippen molar-refractivity contribution in [1.29, 1.82) is 0 Å². The van der Waals surface area contributed by atoms with Crippen LogP contribution in [0.2, 0.25) is 0 Å². The van der Waals surface area contributed by atoms with E-state index in [2.05, 4.69) is 27.7 Å². The zero-order chi connectivity index (χ0) is 11.5. The molecule has 1 saturated heterocycles. The summed E-state index contributed by atoms with van der Waals surface area (Å²) in [4.78, 5) is 15.4. The van der Waals surface area contributed by atoms with Crippen LogP contribution in [0.15, 0.2) is 4.52 Å². The normalized spacial score (nSPS) is 25.4. The molecule has 0 spiro atoms. The summed E-state index contributed by atoms with van der Waals surface area (Å²) in [6, 6.07) is 0.0691. The Bertz CT molecular complexity index is 377. The van der Waals surface area contributed by atoms with Crippen LogP contribution in [0.4, 0.5) is 0 Å². The highest BCUT2D eigenvalue weighted by Crippen LogP contribution is 2.27. The second kappa shape index (κ2) is 4.61. The molecule has 1 fully saturated rings. The van der Waals surface area contributed by atoms with Gasteiger partial charge in [-0.15, -0.1) is 0 Å². The lowest BCUT2D eigenvalue weighted by molar-refractivity contribution is 0.0950. The molecule has 0 saturated carbocycles. The molecule has 2 heterocycles. The predicted molar refractivity (Wildman–Crippen MR) is 56.8 cm³/mol. The number of carbonyl (C=O) groups excluding carboxylic acids is 1. The van der Waals surface area contributed by atoms with E-state index in [1.54, 1.807) is 7.05 Å². The van der Waals surface area contributed by atoms with Crippen LogP contribution in [0.25, 0.3) is 0 Å². The summed E-state index contributed by atoms with van der Waals surface area (Å²) < 4.78 is 5.11. The molecule has 0 aromatic carbocycles. The van der Waals surface area contributed by atoms with Crippen molar-refractivity contribution in [2.45, 2.75) is 25.8 Å². The van der Waals surface area contributed by atoms with E-state index in [0.29, 0.717) is 11.8 Å². The van der Waals surface area contributed by atoms with Crippen LogP contribution in [0.3, 0.4) is 0 Å². The third-order valence-electron chi connectivity index (χ3n) is 2.91. The SMILES string of the molecule is CNC(=O)c1noc(C2NCCCC2C)n1. The molecule has 1 aromatic rings. The number of carbonyl (C=O) groups is 1. The van der Waals surface area contributed by atoms with Gasteiger partial charge >= 0.3 is 0 Å². The molecule has 0 bridgehead atoms. The maximum absolute atomic E-state index is 11.3. The molecule has 1 aromatic heterocycles. The fraction of sp³-hybridized carbons (Fsp3) is 0.700. The molecule has 1 aliphatic heterocycles. The molecule has 6 heteroatoms. The predicted octanol–water partition coefficient (Wildman–Crippen LogP) is 0.490. The minimum absolute atomic E-state index is 0.0691. The molecule has 1 aliphatic rings.